The molecule has 1 atom stereocenters. The Hall–Kier alpha value is -1.33. The topological polar surface area (TPSA) is 62.6 Å². The first-order valence-electron chi connectivity index (χ1n) is 7.26. The van der Waals surface area contributed by atoms with Crippen LogP contribution in [0, 0.1) is 6.92 Å². The Morgan fingerprint density at radius 3 is 2.81 bits per heavy atom. The molecule has 1 aromatic rings. The minimum atomic E-state index is -0.0851. The Labute approximate surface area is 130 Å². The highest BCUT2D eigenvalue weighted by molar-refractivity contribution is 6.03. The van der Waals surface area contributed by atoms with Crippen LogP contribution in [-0.4, -0.2) is 42.3 Å². The average Bonchev–Trinajstić information content (AvgIpc) is 2.76. The van der Waals surface area contributed by atoms with Crippen molar-refractivity contribution in [3.05, 3.63) is 22.6 Å². The third-order valence-electron chi connectivity index (χ3n) is 4.16. The van der Waals surface area contributed by atoms with E-state index in [2.05, 4.69) is 12.2 Å². The standard InChI is InChI=1S/C15H20N2O3.ClH/c1-9-8-17(7-6-16-9)15(19)14-10(2)13-11(18)4-3-5-12(13)20-14;/h9,16H,3-8H2,1-2H3;1H. The quantitative estimate of drug-likeness (QED) is 0.861. The van der Waals surface area contributed by atoms with Crippen LogP contribution < -0.4 is 5.32 Å². The highest BCUT2D eigenvalue weighted by Crippen LogP contribution is 2.30. The lowest BCUT2D eigenvalue weighted by Crippen LogP contribution is -2.51. The maximum atomic E-state index is 12.6. The van der Waals surface area contributed by atoms with Gasteiger partial charge in [0, 0.05) is 44.1 Å². The van der Waals surface area contributed by atoms with E-state index in [1.165, 1.54) is 0 Å². The molecule has 116 valence electrons. The third kappa shape index (κ3) is 2.85. The molecule has 21 heavy (non-hydrogen) atoms. The van der Waals surface area contributed by atoms with Crippen LogP contribution in [0.1, 0.15) is 52.0 Å². The fourth-order valence-corrected chi connectivity index (χ4v) is 3.11. The SMILES string of the molecule is Cc1c(C(=O)N2CCNC(C)C2)oc2c1C(=O)CCC2.Cl. The first-order valence-corrected chi connectivity index (χ1v) is 7.26. The summed E-state index contributed by atoms with van der Waals surface area (Å²) < 4.78 is 5.73. The molecule has 1 N–H and O–H groups in total. The highest BCUT2D eigenvalue weighted by atomic mass is 35.5. The summed E-state index contributed by atoms with van der Waals surface area (Å²) in [7, 11) is 0. The van der Waals surface area contributed by atoms with Crippen molar-refractivity contribution in [3.8, 4) is 0 Å². The molecule has 0 saturated carbocycles. The Morgan fingerprint density at radius 1 is 1.38 bits per heavy atom. The van der Waals surface area contributed by atoms with Gasteiger partial charge in [-0.25, -0.2) is 0 Å². The number of amides is 1. The van der Waals surface area contributed by atoms with Gasteiger partial charge in [-0.15, -0.1) is 12.4 Å². The normalized spacial score (nSPS) is 21.7. The molecular formula is C15H21ClN2O3. The lowest BCUT2D eigenvalue weighted by atomic mass is 9.94. The molecule has 0 bridgehead atoms. The van der Waals surface area contributed by atoms with E-state index >= 15 is 0 Å². The number of furan rings is 1. The number of aryl methyl sites for hydroxylation is 1. The summed E-state index contributed by atoms with van der Waals surface area (Å²) in [4.78, 5) is 26.4. The van der Waals surface area contributed by atoms with E-state index < -0.39 is 0 Å². The molecule has 1 amide bonds. The first kappa shape index (κ1) is 16.0. The van der Waals surface area contributed by atoms with Gasteiger partial charge in [0.2, 0.25) is 0 Å². The number of Topliss-reactive ketones (excluding diaryl/α,β-unsaturated/α-hetero) is 1. The fraction of sp³-hybridized carbons (Fsp3) is 0.600. The van der Waals surface area contributed by atoms with Crippen molar-refractivity contribution in [2.75, 3.05) is 19.6 Å². The number of halogens is 1. The summed E-state index contributed by atoms with van der Waals surface area (Å²) >= 11 is 0. The van der Waals surface area contributed by atoms with Gasteiger partial charge in [0.25, 0.3) is 5.91 Å². The second-order valence-electron chi connectivity index (χ2n) is 5.74. The Kier molecular flexibility index (Phi) is 4.74. The number of ketones is 1. The van der Waals surface area contributed by atoms with Gasteiger partial charge in [-0.2, -0.15) is 0 Å². The number of carbonyl (C=O) groups is 2. The van der Waals surface area contributed by atoms with Crippen molar-refractivity contribution in [1.29, 1.82) is 0 Å². The van der Waals surface area contributed by atoms with Gasteiger partial charge >= 0.3 is 0 Å². The summed E-state index contributed by atoms with van der Waals surface area (Å²) in [5.41, 5.74) is 1.38. The summed E-state index contributed by atoms with van der Waals surface area (Å²) in [5.74, 6) is 1.09. The van der Waals surface area contributed by atoms with E-state index in [4.69, 9.17) is 4.42 Å². The van der Waals surface area contributed by atoms with Gasteiger partial charge in [-0.05, 0) is 20.3 Å². The van der Waals surface area contributed by atoms with Crippen LogP contribution in [0.5, 0.6) is 0 Å². The molecule has 6 heteroatoms. The van der Waals surface area contributed by atoms with E-state index in [1.807, 2.05) is 11.8 Å². The Balaban J connectivity index is 0.00000161. The first-order chi connectivity index (χ1) is 9.58. The minimum absolute atomic E-state index is 0. The zero-order valence-electron chi connectivity index (χ0n) is 12.4. The predicted molar refractivity (Wildman–Crippen MR) is 81.3 cm³/mol. The molecule has 3 rings (SSSR count). The van der Waals surface area contributed by atoms with Gasteiger partial charge in [0.05, 0.1) is 5.56 Å². The van der Waals surface area contributed by atoms with E-state index in [0.717, 1.165) is 24.9 Å². The number of carbonyl (C=O) groups excluding carboxylic acids is 2. The van der Waals surface area contributed by atoms with Gasteiger partial charge in [-0.3, -0.25) is 9.59 Å². The molecule has 0 radical (unpaired) electrons. The average molecular weight is 313 g/mol. The molecule has 0 aromatic carbocycles. The summed E-state index contributed by atoms with van der Waals surface area (Å²) in [5, 5.41) is 3.31. The van der Waals surface area contributed by atoms with Crippen LogP contribution in [0.15, 0.2) is 4.42 Å². The largest absolute Gasteiger partial charge is 0.455 e. The number of hydrogen-bond acceptors (Lipinski definition) is 4. The number of fused-ring (bicyclic) bond motifs is 1. The number of nitrogens with zero attached hydrogens (tertiary/aromatic N) is 1. The minimum Gasteiger partial charge on any atom is -0.455 e. The predicted octanol–water partition coefficient (Wildman–Crippen LogP) is 1.96. The van der Waals surface area contributed by atoms with Gasteiger partial charge in [0.15, 0.2) is 11.5 Å². The third-order valence-corrected chi connectivity index (χ3v) is 4.16. The molecular weight excluding hydrogens is 292 g/mol. The van der Waals surface area contributed by atoms with Gasteiger partial charge in [-0.1, -0.05) is 0 Å². The lowest BCUT2D eigenvalue weighted by Gasteiger charge is -2.31. The van der Waals surface area contributed by atoms with E-state index in [1.54, 1.807) is 0 Å². The summed E-state index contributed by atoms with van der Waals surface area (Å²) in [6.07, 6.45) is 2.13. The summed E-state index contributed by atoms with van der Waals surface area (Å²) in [6.45, 7) is 6.04. The number of piperazine rings is 1. The van der Waals surface area contributed by atoms with Crippen LogP contribution >= 0.6 is 12.4 Å². The molecule has 2 aliphatic rings. The van der Waals surface area contributed by atoms with E-state index in [9.17, 15) is 9.59 Å². The van der Waals surface area contributed by atoms with E-state index in [0.29, 0.717) is 42.6 Å². The van der Waals surface area contributed by atoms with Crippen LogP contribution in [0.25, 0.3) is 0 Å². The highest BCUT2D eigenvalue weighted by Gasteiger charge is 2.31. The molecule has 1 aromatic heterocycles. The molecule has 5 nitrogen and oxygen atoms in total. The second-order valence-corrected chi connectivity index (χ2v) is 5.74. The summed E-state index contributed by atoms with van der Waals surface area (Å²) in [6, 6.07) is 0.291. The maximum absolute atomic E-state index is 12.6. The Bertz CT molecular complexity index is 568. The second kappa shape index (κ2) is 6.20. The van der Waals surface area contributed by atoms with Crippen LogP contribution in [0.2, 0.25) is 0 Å². The number of rotatable bonds is 1. The molecule has 2 heterocycles. The van der Waals surface area contributed by atoms with Crippen LogP contribution in [0.3, 0.4) is 0 Å². The van der Waals surface area contributed by atoms with Crippen molar-refractivity contribution in [1.82, 2.24) is 10.2 Å². The zero-order valence-corrected chi connectivity index (χ0v) is 13.2. The van der Waals surface area contributed by atoms with Crippen molar-refractivity contribution in [2.24, 2.45) is 0 Å². The molecule has 1 fully saturated rings. The fourth-order valence-electron chi connectivity index (χ4n) is 3.11. The molecule has 1 aliphatic carbocycles. The van der Waals surface area contributed by atoms with Crippen molar-refractivity contribution in [2.45, 2.75) is 39.2 Å². The zero-order chi connectivity index (χ0) is 14.3. The van der Waals surface area contributed by atoms with Crippen molar-refractivity contribution >= 4 is 24.1 Å². The smallest absolute Gasteiger partial charge is 0.289 e. The van der Waals surface area contributed by atoms with Gasteiger partial charge < -0.3 is 14.6 Å². The molecule has 1 aliphatic heterocycles. The number of hydrogen-bond donors (Lipinski definition) is 1. The van der Waals surface area contributed by atoms with Gasteiger partial charge in [0.1, 0.15) is 5.76 Å². The Morgan fingerprint density at radius 2 is 2.14 bits per heavy atom. The molecule has 1 saturated heterocycles. The molecule has 1 unspecified atom stereocenters. The maximum Gasteiger partial charge on any atom is 0.289 e. The molecule has 0 spiro atoms. The van der Waals surface area contributed by atoms with Crippen LogP contribution in [-0.2, 0) is 6.42 Å². The van der Waals surface area contributed by atoms with Crippen molar-refractivity contribution in [3.63, 3.8) is 0 Å². The number of nitrogens with one attached hydrogen (secondary N) is 1. The lowest BCUT2D eigenvalue weighted by molar-refractivity contribution is 0.0673. The van der Waals surface area contributed by atoms with Crippen LogP contribution in [0.4, 0.5) is 0 Å². The van der Waals surface area contributed by atoms with Crippen molar-refractivity contribution < 1.29 is 14.0 Å². The monoisotopic (exact) mass is 312 g/mol. The van der Waals surface area contributed by atoms with E-state index in [-0.39, 0.29) is 24.1 Å².